The topological polar surface area (TPSA) is 82.9 Å². The van der Waals surface area contributed by atoms with Crippen LogP contribution >= 0.6 is 0 Å². The SMILES string of the molecule is CC[C@@]1(OC(C)C)C(=O)OCc2c1cc1n(c2=O)Cc2cc3c(CN(C)C)c(OC(C)C)ccc3nc2-1. The van der Waals surface area contributed by atoms with Crippen molar-refractivity contribution in [3.63, 3.8) is 0 Å². The summed E-state index contributed by atoms with van der Waals surface area (Å²) in [4.78, 5) is 33.9. The van der Waals surface area contributed by atoms with E-state index in [1.807, 2.05) is 66.9 Å². The summed E-state index contributed by atoms with van der Waals surface area (Å²) in [7, 11) is 4.06. The highest BCUT2D eigenvalue weighted by molar-refractivity contribution is 5.89. The Hall–Kier alpha value is -3.23. The van der Waals surface area contributed by atoms with Crippen molar-refractivity contribution in [2.75, 3.05) is 14.1 Å². The molecule has 0 bridgehead atoms. The summed E-state index contributed by atoms with van der Waals surface area (Å²) in [5.41, 5.74) is 3.94. The number of rotatable bonds is 7. The van der Waals surface area contributed by atoms with Crippen LogP contribution in [0.3, 0.4) is 0 Å². The Balaban J connectivity index is 1.72. The molecule has 0 saturated heterocycles. The molecule has 0 radical (unpaired) electrons. The van der Waals surface area contributed by atoms with Crippen molar-refractivity contribution in [3.8, 4) is 17.1 Å². The van der Waals surface area contributed by atoms with Gasteiger partial charge in [0.1, 0.15) is 12.4 Å². The summed E-state index contributed by atoms with van der Waals surface area (Å²) >= 11 is 0. The number of carbonyl (C=O) groups excluding carboxylic acids is 1. The van der Waals surface area contributed by atoms with Crippen LogP contribution in [0.25, 0.3) is 22.3 Å². The van der Waals surface area contributed by atoms with E-state index in [0.717, 1.165) is 33.5 Å². The van der Waals surface area contributed by atoms with E-state index in [0.29, 0.717) is 36.3 Å². The second kappa shape index (κ2) is 9.26. The Morgan fingerprint density at radius 3 is 2.54 bits per heavy atom. The number of esters is 1. The summed E-state index contributed by atoms with van der Waals surface area (Å²) in [6.45, 7) is 10.7. The predicted octanol–water partition coefficient (Wildman–Crippen LogP) is 4.36. The third-order valence-electron chi connectivity index (χ3n) is 7.00. The summed E-state index contributed by atoms with van der Waals surface area (Å²) in [5, 5.41) is 1.01. The summed E-state index contributed by atoms with van der Waals surface area (Å²) in [6.07, 6.45) is 0.192. The van der Waals surface area contributed by atoms with Gasteiger partial charge in [0.2, 0.25) is 0 Å². The van der Waals surface area contributed by atoms with Crippen LogP contribution in [-0.2, 0) is 39.6 Å². The number of ether oxygens (including phenoxy) is 3. The molecular weight excluding hydrogens is 470 g/mol. The maximum Gasteiger partial charge on any atom is 0.343 e. The van der Waals surface area contributed by atoms with Gasteiger partial charge in [0.25, 0.3) is 5.56 Å². The van der Waals surface area contributed by atoms with Crippen molar-refractivity contribution in [2.45, 2.75) is 78.5 Å². The molecule has 0 amide bonds. The molecule has 1 aromatic carbocycles. The molecule has 3 aromatic rings. The second-order valence-electron chi connectivity index (χ2n) is 10.7. The molecule has 1 atom stereocenters. The zero-order chi connectivity index (χ0) is 26.6. The van der Waals surface area contributed by atoms with Gasteiger partial charge in [0.05, 0.1) is 41.2 Å². The van der Waals surface area contributed by atoms with E-state index in [9.17, 15) is 9.59 Å². The normalized spacial score (nSPS) is 18.4. The lowest BCUT2D eigenvalue weighted by atomic mass is 9.85. The minimum absolute atomic E-state index is 0.0479. The molecule has 8 nitrogen and oxygen atoms in total. The summed E-state index contributed by atoms with van der Waals surface area (Å²) in [6, 6.07) is 8.00. The number of pyridine rings is 2. The quantitative estimate of drug-likeness (QED) is 0.345. The van der Waals surface area contributed by atoms with Crippen LogP contribution in [-0.4, -0.2) is 46.7 Å². The molecule has 0 unspecified atom stereocenters. The van der Waals surface area contributed by atoms with Crippen molar-refractivity contribution >= 4 is 16.9 Å². The molecule has 5 rings (SSSR count). The minimum atomic E-state index is -1.31. The molecule has 0 N–H and O–H groups in total. The Morgan fingerprint density at radius 2 is 1.89 bits per heavy atom. The molecule has 0 fully saturated rings. The van der Waals surface area contributed by atoms with Gasteiger partial charge in [-0.05, 0) is 72.5 Å². The Kier molecular flexibility index (Phi) is 6.36. The van der Waals surface area contributed by atoms with Crippen LogP contribution in [0.15, 0.2) is 29.1 Å². The van der Waals surface area contributed by atoms with Crippen molar-refractivity contribution in [3.05, 3.63) is 56.9 Å². The van der Waals surface area contributed by atoms with Gasteiger partial charge in [-0.15, -0.1) is 0 Å². The van der Waals surface area contributed by atoms with Gasteiger partial charge < -0.3 is 23.7 Å². The van der Waals surface area contributed by atoms with Crippen molar-refractivity contribution in [1.82, 2.24) is 14.5 Å². The van der Waals surface area contributed by atoms with Gasteiger partial charge in [-0.1, -0.05) is 6.92 Å². The van der Waals surface area contributed by atoms with Crippen LogP contribution in [0, 0.1) is 0 Å². The highest BCUT2D eigenvalue weighted by Crippen LogP contribution is 2.42. The molecule has 0 aliphatic carbocycles. The molecule has 37 heavy (non-hydrogen) atoms. The van der Waals surface area contributed by atoms with Gasteiger partial charge in [-0.3, -0.25) is 4.79 Å². The van der Waals surface area contributed by atoms with Crippen molar-refractivity contribution in [1.29, 1.82) is 0 Å². The number of hydrogen-bond acceptors (Lipinski definition) is 7. The van der Waals surface area contributed by atoms with Crippen LogP contribution in [0.2, 0.25) is 0 Å². The van der Waals surface area contributed by atoms with Gasteiger partial charge in [0.15, 0.2) is 5.60 Å². The first kappa shape index (κ1) is 25.4. The van der Waals surface area contributed by atoms with Gasteiger partial charge in [-0.2, -0.15) is 0 Å². The Labute approximate surface area is 217 Å². The van der Waals surface area contributed by atoms with Gasteiger partial charge in [-0.25, -0.2) is 9.78 Å². The number of fused-ring (bicyclic) bond motifs is 5. The minimum Gasteiger partial charge on any atom is -0.491 e. The van der Waals surface area contributed by atoms with E-state index in [-0.39, 0.29) is 24.4 Å². The first-order valence-electron chi connectivity index (χ1n) is 12.9. The largest absolute Gasteiger partial charge is 0.491 e. The average molecular weight is 506 g/mol. The zero-order valence-electron chi connectivity index (χ0n) is 22.7. The van der Waals surface area contributed by atoms with E-state index in [2.05, 4.69) is 11.0 Å². The molecule has 0 spiro atoms. The van der Waals surface area contributed by atoms with E-state index in [1.54, 1.807) is 4.57 Å². The summed E-state index contributed by atoms with van der Waals surface area (Å²) in [5.74, 6) is 0.395. The molecule has 2 aliphatic heterocycles. The first-order chi connectivity index (χ1) is 17.6. The number of nitrogens with zero attached hydrogens (tertiary/aromatic N) is 3. The van der Waals surface area contributed by atoms with Crippen molar-refractivity contribution in [2.24, 2.45) is 0 Å². The van der Waals surface area contributed by atoms with Crippen LogP contribution in [0.4, 0.5) is 0 Å². The summed E-state index contributed by atoms with van der Waals surface area (Å²) < 4.78 is 19.5. The lowest BCUT2D eigenvalue weighted by molar-refractivity contribution is -0.187. The van der Waals surface area contributed by atoms with Crippen LogP contribution < -0.4 is 10.3 Å². The van der Waals surface area contributed by atoms with E-state index in [4.69, 9.17) is 19.2 Å². The highest BCUT2D eigenvalue weighted by Gasteiger charge is 2.48. The predicted molar refractivity (Wildman–Crippen MR) is 142 cm³/mol. The highest BCUT2D eigenvalue weighted by atomic mass is 16.6. The van der Waals surface area contributed by atoms with Crippen molar-refractivity contribution < 1.29 is 19.0 Å². The number of benzene rings is 1. The fourth-order valence-corrected chi connectivity index (χ4v) is 5.52. The number of cyclic esters (lactones) is 1. The van der Waals surface area contributed by atoms with Crippen LogP contribution in [0.5, 0.6) is 5.75 Å². The lowest BCUT2D eigenvalue weighted by Gasteiger charge is -2.37. The Morgan fingerprint density at radius 1 is 1.14 bits per heavy atom. The standard InChI is InChI=1S/C29H35N3O5/c1-8-29(37-17(4)5)22-12-24-26-18(13-32(24)27(33)21(22)15-35-28(29)34)11-19-20(14-31(6)7)25(36-16(2)3)10-9-23(19)30-26/h9-12,16-17H,8,13-15H2,1-7H3/t29-/m0/s1. The Bertz CT molecular complexity index is 1460. The monoisotopic (exact) mass is 505 g/mol. The maximum absolute atomic E-state index is 13.7. The van der Waals surface area contributed by atoms with E-state index >= 15 is 0 Å². The first-order valence-corrected chi connectivity index (χ1v) is 12.9. The van der Waals surface area contributed by atoms with Crippen LogP contribution in [0.1, 0.15) is 63.3 Å². The van der Waals surface area contributed by atoms with E-state index < -0.39 is 11.6 Å². The molecule has 4 heterocycles. The number of aromatic nitrogens is 2. The zero-order valence-corrected chi connectivity index (χ0v) is 22.7. The number of carbonyl (C=O) groups is 1. The molecule has 0 saturated carbocycles. The third kappa shape index (κ3) is 4.12. The lowest BCUT2D eigenvalue weighted by Crippen LogP contribution is -2.47. The van der Waals surface area contributed by atoms with E-state index in [1.165, 1.54) is 0 Å². The second-order valence-corrected chi connectivity index (χ2v) is 10.7. The fraction of sp³-hybridized carbons (Fsp3) is 0.483. The molecule has 196 valence electrons. The number of hydrogen-bond donors (Lipinski definition) is 0. The smallest absolute Gasteiger partial charge is 0.343 e. The molecule has 2 aliphatic rings. The fourth-order valence-electron chi connectivity index (χ4n) is 5.52. The third-order valence-corrected chi connectivity index (χ3v) is 7.00. The average Bonchev–Trinajstić information content (AvgIpc) is 3.18. The molecule has 2 aromatic heterocycles. The maximum atomic E-state index is 13.7. The van der Waals surface area contributed by atoms with Gasteiger partial charge >= 0.3 is 5.97 Å². The molecular formula is C29H35N3O5. The molecule has 8 heteroatoms. The van der Waals surface area contributed by atoms with Gasteiger partial charge in [0, 0.05) is 28.6 Å².